The van der Waals surface area contributed by atoms with Gasteiger partial charge in [-0.2, -0.15) is 0 Å². The maximum atomic E-state index is 12.4. The van der Waals surface area contributed by atoms with E-state index in [1.54, 1.807) is 6.07 Å². The number of ether oxygens (including phenoxy) is 1. The molecule has 0 bridgehead atoms. The van der Waals surface area contributed by atoms with E-state index in [4.69, 9.17) is 22.1 Å². The van der Waals surface area contributed by atoms with Gasteiger partial charge in [0.05, 0.1) is 5.57 Å². The van der Waals surface area contributed by atoms with Crippen LogP contribution < -0.4 is 15.8 Å². The number of amides is 1. The third-order valence-electron chi connectivity index (χ3n) is 4.25. The van der Waals surface area contributed by atoms with Crippen LogP contribution >= 0.6 is 11.6 Å². The molecule has 3 rings (SSSR count). The second-order valence-corrected chi connectivity index (χ2v) is 6.08. The Balaban J connectivity index is 1.73. The number of hydrogen-bond acceptors (Lipinski definition) is 3. The Morgan fingerprint density at radius 1 is 1.43 bits per heavy atom. The summed E-state index contributed by atoms with van der Waals surface area (Å²) in [6.45, 7) is 0.916. The average molecular weight is 307 g/mol. The highest BCUT2D eigenvalue weighted by Crippen LogP contribution is 2.30. The highest BCUT2D eigenvalue weighted by atomic mass is 35.5. The Morgan fingerprint density at radius 2 is 2.29 bits per heavy atom. The van der Waals surface area contributed by atoms with Crippen molar-refractivity contribution in [3.8, 4) is 5.75 Å². The van der Waals surface area contributed by atoms with Crippen molar-refractivity contribution in [1.82, 2.24) is 5.32 Å². The smallest absolute Gasteiger partial charge is 0.250 e. The van der Waals surface area contributed by atoms with Crippen LogP contribution in [0, 0.1) is 5.92 Å². The van der Waals surface area contributed by atoms with Gasteiger partial charge < -0.3 is 15.8 Å². The van der Waals surface area contributed by atoms with Crippen LogP contribution in [0.1, 0.15) is 24.8 Å². The van der Waals surface area contributed by atoms with Gasteiger partial charge in [0.2, 0.25) is 0 Å². The lowest BCUT2D eigenvalue weighted by molar-refractivity contribution is -0.118. The molecule has 4 nitrogen and oxygen atoms in total. The predicted octanol–water partition coefficient (Wildman–Crippen LogP) is 2.36. The molecule has 1 aliphatic heterocycles. The van der Waals surface area contributed by atoms with E-state index in [0.29, 0.717) is 29.7 Å². The molecule has 2 atom stereocenters. The van der Waals surface area contributed by atoms with Crippen molar-refractivity contribution < 1.29 is 9.53 Å². The minimum atomic E-state index is -0.0639. The molecule has 3 N–H and O–H groups in total. The summed E-state index contributed by atoms with van der Waals surface area (Å²) in [4.78, 5) is 12.4. The van der Waals surface area contributed by atoms with Gasteiger partial charge in [0, 0.05) is 16.6 Å². The van der Waals surface area contributed by atoms with Crippen LogP contribution in [0.4, 0.5) is 0 Å². The van der Waals surface area contributed by atoms with Gasteiger partial charge in [-0.25, -0.2) is 0 Å². The number of rotatable bonds is 3. The summed E-state index contributed by atoms with van der Waals surface area (Å²) in [5, 5.41) is 3.73. The molecule has 1 aromatic carbocycles. The monoisotopic (exact) mass is 306 g/mol. The van der Waals surface area contributed by atoms with Gasteiger partial charge in [-0.3, -0.25) is 4.79 Å². The number of benzene rings is 1. The first kappa shape index (κ1) is 14.4. The maximum Gasteiger partial charge on any atom is 0.250 e. The van der Waals surface area contributed by atoms with Crippen LogP contribution in [0.5, 0.6) is 5.75 Å². The number of carbonyl (C=O) groups is 1. The van der Waals surface area contributed by atoms with Crippen molar-refractivity contribution in [2.45, 2.75) is 25.3 Å². The summed E-state index contributed by atoms with van der Waals surface area (Å²) in [6, 6.07) is 5.60. The Kier molecular flexibility index (Phi) is 4.17. The zero-order valence-electron chi connectivity index (χ0n) is 11.8. The maximum absolute atomic E-state index is 12.4. The molecule has 0 spiro atoms. The molecule has 1 aromatic rings. The molecule has 112 valence electrons. The number of carbonyl (C=O) groups excluding carboxylic acids is 1. The molecule has 5 heteroatoms. The standard InChI is InChI=1S/C16H19ClN2O2/c17-13-4-5-15-11(7-13)6-12(9-21-15)16(20)19-14-3-1-2-10(14)8-18/h4-7,10,14H,1-3,8-9,18H2,(H,19,20). The highest BCUT2D eigenvalue weighted by molar-refractivity contribution is 6.30. The van der Waals surface area contributed by atoms with Crippen LogP contribution in [-0.2, 0) is 4.79 Å². The fourth-order valence-electron chi connectivity index (χ4n) is 3.05. The quantitative estimate of drug-likeness (QED) is 0.901. The summed E-state index contributed by atoms with van der Waals surface area (Å²) < 4.78 is 5.62. The fraction of sp³-hybridized carbons (Fsp3) is 0.438. The topological polar surface area (TPSA) is 64.3 Å². The Morgan fingerprint density at radius 3 is 3.10 bits per heavy atom. The van der Waals surface area contributed by atoms with Crippen molar-refractivity contribution in [3.63, 3.8) is 0 Å². The largest absolute Gasteiger partial charge is 0.488 e. The minimum absolute atomic E-state index is 0.0639. The van der Waals surface area contributed by atoms with E-state index >= 15 is 0 Å². The van der Waals surface area contributed by atoms with E-state index in [1.165, 1.54) is 0 Å². The van der Waals surface area contributed by atoms with Crippen LogP contribution in [-0.4, -0.2) is 25.1 Å². The van der Waals surface area contributed by atoms with Gasteiger partial charge >= 0.3 is 0 Å². The Bertz CT molecular complexity index is 586. The molecule has 0 radical (unpaired) electrons. The molecule has 1 heterocycles. The molecular weight excluding hydrogens is 288 g/mol. The number of hydrogen-bond donors (Lipinski definition) is 2. The van der Waals surface area contributed by atoms with E-state index in [9.17, 15) is 4.79 Å². The molecular formula is C16H19ClN2O2. The fourth-order valence-corrected chi connectivity index (χ4v) is 3.23. The van der Waals surface area contributed by atoms with Gasteiger partial charge in [0.25, 0.3) is 5.91 Å². The van der Waals surface area contributed by atoms with Gasteiger partial charge in [-0.15, -0.1) is 0 Å². The SMILES string of the molecule is NCC1CCCC1NC(=O)C1=Cc2cc(Cl)ccc2OC1. The summed E-state index contributed by atoms with van der Waals surface area (Å²) >= 11 is 5.98. The number of halogens is 1. The number of nitrogens with two attached hydrogens (primary N) is 1. The third-order valence-corrected chi connectivity index (χ3v) is 4.49. The Hall–Kier alpha value is -1.52. The molecule has 0 aromatic heterocycles. The lowest BCUT2D eigenvalue weighted by Crippen LogP contribution is -2.41. The van der Waals surface area contributed by atoms with Crippen LogP contribution in [0.3, 0.4) is 0 Å². The molecule has 1 aliphatic carbocycles. The van der Waals surface area contributed by atoms with Crippen molar-refractivity contribution in [2.24, 2.45) is 11.7 Å². The van der Waals surface area contributed by atoms with E-state index in [0.717, 1.165) is 30.6 Å². The second kappa shape index (κ2) is 6.08. The van der Waals surface area contributed by atoms with Crippen LogP contribution in [0.15, 0.2) is 23.8 Å². The van der Waals surface area contributed by atoms with Crippen molar-refractivity contribution in [3.05, 3.63) is 34.4 Å². The van der Waals surface area contributed by atoms with Crippen molar-refractivity contribution >= 4 is 23.6 Å². The molecule has 2 aliphatic rings. The molecule has 1 saturated carbocycles. The van der Waals surface area contributed by atoms with Gasteiger partial charge in [0.1, 0.15) is 12.4 Å². The molecule has 21 heavy (non-hydrogen) atoms. The molecule has 2 unspecified atom stereocenters. The summed E-state index contributed by atoms with van der Waals surface area (Å²) in [5.74, 6) is 1.09. The molecule has 1 fully saturated rings. The number of fused-ring (bicyclic) bond motifs is 1. The van der Waals surface area contributed by atoms with E-state index in [1.807, 2.05) is 18.2 Å². The first-order valence-corrected chi connectivity index (χ1v) is 7.69. The van der Waals surface area contributed by atoms with E-state index < -0.39 is 0 Å². The average Bonchev–Trinajstić information content (AvgIpc) is 2.93. The Labute approximate surface area is 129 Å². The van der Waals surface area contributed by atoms with E-state index in [2.05, 4.69) is 5.32 Å². The predicted molar refractivity (Wildman–Crippen MR) is 83.3 cm³/mol. The van der Waals surface area contributed by atoms with Crippen LogP contribution in [0.2, 0.25) is 5.02 Å². The van der Waals surface area contributed by atoms with Gasteiger partial charge in [-0.05, 0) is 49.6 Å². The van der Waals surface area contributed by atoms with Gasteiger partial charge in [0.15, 0.2) is 0 Å². The zero-order chi connectivity index (χ0) is 14.8. The number of nitrogens with one attached hydrogen (secondary N) is 1. The van der Waals surface area contributed by atoms with Gasteiger partial charge in [-0.1, -0.05) is 18.0 Å². The van der Waals surface area contributed by atoms with Crippen molar-refractivity contribution in [1.29, 1.82) is 0 Å². The lowest BCUT2D eigenvalue weighted by Gasteiger charge is -2.22. The van der Waals surface area contributed by atoms with Crippen molar-refractivity contribution in [2.75, 3.05) is 13.2 Å². The minimum Gasteiger partial charge on any atom is -0.488 e. The summed E-state index contributed by atoms with van der Waals surface area (Å²) in [6.07, 6.45) is 5.08. The first-order valence-electron chi connectivity index (χ1n) is 7.31. The third kappa shape index (κ3) is 3.06. The van der Waals surface area contributed by atoms with Crippen LogP contribution in [0.25, 0.3) is 6.08 Å². The molecule has 0 saturated heterocycles. The first-order chi connectivity index (χ1) is 10.2. The van der Waals surface area contributed by atoms with E-state index in [-0.39, 0.29) is 11.9 Å². The summed E-state index contributed by atoms with van der Waals surface area (Å²) in [7, 11) is 0. The highest BCUT2D eigenvalue weighted by Gasteiger charge is 2.28. The zero-order valence-corrected chi connectivity index (χ0v) is 12.5. The lowest BCUT2D eigenvalue weighted by atomic mass is 10.0. The normalized spacial score (nSPS) is 24.0. The molecule has 1 amide bonds. The second-order valence-electron chi connectivity index (χ2n) is 5.65. The summed E-state index contributed by atoms with van der Waals surface area (Å²) in [5.41, 5.74) is 7.23.